The highest BCUT2D eigenvalue weighted by Gasteiger charge is 2.41. The van der Waals surface area contributed by atoms with Crippen molar-refractivity contribution in [3.05, 3.63) is 59.7 Å². The number of hydrogen-bond donors (Lipinski definition) is 2. The first kappa shape index (κ1) is 21.5. The molecule has 0 aromatic heterocycles. The summed E-state index contributed by atoms with van der Waals surface area (Å²) in [4.78, 5) is 38.5. The first-order chi connectivity index (χ1) is 16.0. The van der Waals surface area contributed by atoms with Crippen LogP contribution < -0.4 is 5.32 Å². The smallest absolute Gasteiger partial charge is 0.407 e. The fraction of sp³-hybridized carbons (Fsp3) is 0.423. The summed E-state index contributed by atoms with van der Waals surface area (Å²) < 4.78 is 5.62. The lowest BCUT2D eigenvalue weighted by atomic mass is 9.98. The number of nitrogens with one attached hydrogen (secondary N) is 1. The highest BCUT2D eigenvalue weighted by molar-refractivity contribution is 5.89. The summed E-state index contributed by atoms with van der Waals surface area (Å²) in [7, 11) is 0. The Balaban J connectivity index is 1.25. The topological polar surface area (TPSA) is 95.9 Å². The van der Waals surface area contributed by atoms with Crippen LogP contribution in [-0.4, -0.2) is 53.7 Å². The fourth-order valence-corrected chi connectivity index (χ4v) is 4.78. The maximum absolute atomic E-state index is 13.1. The molecule has 33 heavy (non-hydrogen) atoms. The number of carboxylic acids is 1. The van der Waals surface area contributed by atoms with Crippen molar-refractivity contribution in [2.75, 3.05) is 19.7 Å². The fourth-order valence-electron chi connectivity index (χ4n) is 4.78. The van der Waals surface area contributed by atoms with Gasteiger partial charge in [-0.05, 0) is 59.8 Å². The van der Waals surface area contributed by atoms with Crippen LogP contribution in [0.1, 0.15) is 42.7 Å². The zero-order valence-electron chi connectivity index (χ0n) is 18.4. The Bertz CT molecular complexity index is 1030. The van der Waals surface area contributed by atoms with E-state index in [0.29, 0.717) is 12.5 Å². The number of aliphatic carboxylic acids is 1. The van der Waals surface area contributed by atoms with Crippen LogP contribution in [0.4, 0.5) is 4.79 Å². The number of carbonyl (C=O) groups is 3. The number of carboxylic acid groups (broad SMARTS) is 1. The molecule has 2 fully saturated rings. The third-order valence-corrected chi connectivity index (χ3v) is 6.79. The molecule has 7 heteroatoms. The van der Waals surface area contributed by atoms with Crippen LogP contribution in [0.25, 0.3) is 11.1 Å². The van der Waals surface area contributed by atoms with Crippen LogP contribution in [0.2, 0.25) is 0 Å². The molecule has 3 aliphatic rings. The predicted molar refractivity (Wildman–Crippen MR) is 122 cm³/mol. The number of carbonyl (C=O) groups excluding carboxylic acids is 2. The highest BCUT2D eigenvalue weighted by Crippen LogP contribution is 2.44. The quantitative estimate of drug-likeness (QED) is 0.611. The van der Waals surface area contributed by atoms with Gasteiger partial charge in [0, 0.05) is 12.5 Å². The zero-order chi connectivity index (χ0) is 22.9. The molecule has 7 nitrogen and oxygen atoms in total. The van der Waals surface area contributed by atoms with Crippen LogP contribution in [-0.2, 0) is 14.3 Å². The molecular formula is C26H28N2O5. The van der Waals surface area contributed by atoms with E-state index in [0.717, 1.165) is 47.9 Å². The molecule has 0 bridgehead atoms. The molecule has 3 aliphatic carbocycles. The first-order valence-corrected chi connectivity index (χ1v) is 11.6. The van der Waals surface area contributed by atoms with E-state index < -0.39 is 18.1 Å². The van der Waals surface area contributed by atoms with Gasteiger partial charge in [-0.3, -0.25) is 9.59 Å². The summed E-state index contributed by atoms with van der Waals surface area (Å²) in [6.07, 6.45) is 3.06. The standard InChI is InChI=1S/C26H28N2O5/c29-23(30)14-28(13-16-9-10-16)25(31)24(17-11-12-17)27-26(32)33-15-22-20-7-3-1-5-18(20)19-6-2-4-8-21(19)22/h1-8,16-17,22,24H,9-15H2,(H,27,32)(H,29,30). The number of nitrogens with zero attached hydrogens (tertiary/aromatic N) is 1. The third-order valence-electron chi connectivity index (χ3n) is 6.79. The van der Waals surface area contributed by atoms with E-state index in [2.05, 4.69) is 29.6 Å². The van der Waals surface area contributed by atoms with E-state index in [-0.39, 0.29) is 30.9 Å². The average Bonchev–Trinajstić information content (AvgIpc) is 3.73. The Morgan fingerprint density at radius 2 is 1.58 bits per heavy atom. The van der Waals surface area contributed by atoms with Crippen LogP contribution in [0.3, 0.4) is 0 Å². The molecule has 0 heterocycles. The molecule has 2 aromatic carbocycles. The van der Waals surface area contributed by atoms with E-state index in [9.17, 15) is 19.5 Å². The van der Waals surface area contributed by atoms with Gasteiger partial charge < -0.3 is 20.1 Å². The molecule has 2 saturated carbocycles. The Hall–Kier alpha value is -3.35. The summed E-state index contributed by atoms with van der Waals surface area (Å²) in [6, 6.07) is 15.5. The average molecular weight is 449 g/mol. The number of ether oxygens (including phenoxy) is 1. The van der Waals surface area contributed by atoms with Crippen LogP contribution in [0.15, 0.2) is 48.5 Å². The molecule has 0 radical (unpaired) electrons. The van der Waals surface area contributed by atoms with Gasteiger partial charge in [0.25, 0.3) is 0 Å². The van der Waals surface area contributed by atoms with Gasteiger partial charge in [0.15, 0.2) is 0 Å². The van der Waals surface area contributed by atoms with Crippen molar-refractivity contribution >= 4 is 18.0 Å². The monoisotopic (exact) mass is 448 g/mol. The van der Waals surface area contributed by atoms with Crippen LogP contribution in [0.5, 0.6) is 0 Å². The third kappa shape index (κ3) is 4.72. The normalized spacial score (nSPS) is 17.6. The van der Waals surface area contributed by atoms with Crippen molar-refractivity contribution < 1.29 is 24.2 Å². The van der Waals surface area contributed by atoms with Crippen molar-refractivity contribution in [2.24, 2.45) is 11.8 Å². The number of benzene rings is 2. The van der Waals surface area contributed by atoms with E-state index >= 15 is 0 Å². The zero-order valence-corrected chi connectivity index (χ0v) is 18.4. The first-order valence-electron chi connectivity index (χ1n) is 11.6. The van der Waals surface area contributed by atoms with Crippen LogP contribution in [0, 0.1) is 11.8 Å². The van der Waals surface area contributed by atoms with Crippen LogP contribution >= 0.6 is 0 Å². The minimum Gasteiger partial charge on any atom is -0.480 e. The SMILES string of the molecule is O=C(O)CN(CC1CC1)C(=O)C(NC(=O)OCC1c2ccccc2-c2ccccc21)C1CC1. The van der Waals surface area contributed by atoms with Gasteiger partial charge in [-0.25, -0.2) is 4.79 Å². The molecule has 2 N–H and O–H groups in total. The largest absolute Gasteiger partial charge is 0.480 e. The lowest BCUT2D eigenvalue weighted by molar-refractivity contribution is -0.145. The summed E-state index contributed by atoms with van der Waals surface area (Å²) in [5.74, 6) is -1.02. The number of rotatable bonds is 9. The van der Waals surface area contributed by atoms with Gasteiger partial charge in [0.2, 0.25) is 5.91 Å². The summed E-state index contributed by atoms with van der Waals surface area (Å²) in [5, 5.41) is 12.0. The van der Waals surface area contributed by atoms with Crippen molar-refractivity contribution in [2.45, 2.75) is 37.6 Å². The number of alkyl carbamates (subject to hydrolysis) is 1. The maximum atomic E-state index is 13.1. The Labute approximate surface area is 192 Å². The highest BCUT2D eigenvalue weighted by atomic mass is 16.5. The van der Waals surface area contributed by atoms with E-state index in [1.165, 1.54) is 4.90 Å². The molecule has 1 atom stereocenters. The number of fused-ring (bicyclic) bond motifs is 3. The molecule has 5 rings (SSSR count). The van der Waals surface area contributed by atoms with Crippen molar-refractivity contribution in [1.29, 1.82) is 0 Å². The molecular weight excluding hydrogens is 420 g/mol. The second-order valence-corrected chi connectivity index (χ2v) is 9.34. The van der Waals surface area contributed by atoms with Gasteiger partial charge >= 0.3 is 12.1 Å². The molecule has 172 valence electrons. The van der Waals surface area contributed by atoms with Gasteiger partial charge in [0.05, 0.1) is 0 Å². The van der Waals surface area contributed by atoms with Crippen molar-refractivity contribution in [1.82, 2.24) is 10.2 Å². The molecule has 0 spiro atoms. The van der Waals surface area contributed by atoms with Gasteiger partial charge in [-0.15, -0.1) is 0 Å². The number of hydrogen-bond acceptors (Lipinski definition) is 4. The van der Waals surface area contributed by atoms with E-state index in [1.807, 2.05) is 24.3 Å². The van der Waals surface area contributed by atoms with E-state index in [1.54, 1.807) is 0 Å². The molecule has 1 unspecified atom stereocenters. The predicted octanol–water partition coefficient (Wildman–Crippen LogP) is 3.63. The Kier molecular flexibility index (Phi) is 5.79. The summed E-state index contributed by atoms with van der Waals surface area (Å²) in [5.41, 5.74) is 4.55. The number of amides is 2. The second-order valence-electron chi connectivity index (χ2n) is 9.34. The lowest BCUT2D eigenvalue weighted by Gasteiger charge is -2.26. The van der Waals surface area contributed by atoms with Crippen molar-refractivity contribution in [3.63, 3.8) is 0 Å². The molecule has 0 saturated heterocycles. The molecule has 2 amide bonds. The minimum atomic E-state index is -1.04. The Morgan fingerprint density at radius 3 is 2.12 bits per heavy atom. The lowest BCUT2D eigenvalue weighted by Crippen LogP contribution is -2.51. The molecule has 0 aliphatic heterocycles. The van der Waals surface area contributed by atoms with Crippen molar-refractivity contribution in [3.8, 4) is 11.1 Å². The Morgan fingerprint density at radius 1 is 0.970 bits per heavy atom. The summed E-state index contributed by atoms with van der Waals surface area (Å²) in [6.45, 7) is 0.262. The second kappa shape index (κ2) is 8.89. The van der Waals surface area contributed by atoms with Gasteiger partial charge in [-0.1, -0.05) is 48.5 Å². The maximum Gasteiger partial charge on any atom is 0.407 e. The van der Waals surface area contributed by atoms with E-state index in [4.69, 9.17) is 4.74 Å². The van der Waals surface area contributed by atoms with Gasteiger partial charge in [0.1, 0.15) is 19.2 Å². The molecule has 2 aromatic rings. The van der Waals surface area contributed by atoms with Gasteiger partial charge in [-0.2, -0.15) is 0 Å². The summed E-state index contributed by atoms with van der Waals surface area (Å²) >= 11 is 0. The minimum absolute atomic E-state index is 0.0356.